The molecule has 1 aliphatic rings. The molecule has 0 saturated carbocycles. The highest BCUT2D eigenvalue weighted by Crippen LogP contribution is 2.15. The van der Waals surface area contributed by atoms with Crippen molar-refractivity contribution in [2.75, 3.05) is 33.7 Å². The maximum Gasteiger partial charge on any atom is 0.0941 e. The van der Waals surface area contributed by atoms with Gasteiger partial charge in [0.2, 0.25) is 0 Å². The molecule has 0 radical (unpaired) electrons. The maximum absolute atomic E-state index is 5.71. The van der Waals surface area contributed by atoms with E-state index in [1.54, 1.807) is 11.3 Å². The molecule has 2 heterocycles. The van der Waals surface area contributed by atoms with E-state index in [4.69, 9.17) is 5.84 Å². The number of hydrogen-bond acceptors (Lipinski definition) is 6. The zero-order valence-electron chi connectivity index (χ0n) is 10.5. The van der Waals surface area contributed by atoms with Crippen molar-refractivity contribution in [3.05, 3.63) is 16.6 Å². The van der Waals surface area contributed by atoms with Gasteiger partial charge in [0.05, 0.1) is 5.01 Å². The molecule has 0 bridgehead atoms. The zero-order chi connectivity index (χ0) is 12.3. The van der Waals surface area contributed by atoms with E-state index >= 15 is 0 Å². The van der Waals surface area contributed by atoms with Gasteiger partial charge in [-0.1, -0.05) is 0 Å². The van der Waals surface area contributed by atoms with Gasteiger partial charge in [-0.2, -0.15) is 0 Å². The highest BCUT2D eigenvalue weighted by atomic mass is 32.1. The fraction of sp³-hybridized carbons (Fsp3) is 0.727. The lowest BCUT2D eigenvalue weighted by Crippen LogP contribution is -2.60. The summed E-state index contributed by atoms with van der Waals surface area (Å²) in [4.78, 5) is 9.08. The minimum Gasteiger partial charge on any atom is -0.303 e. The van der Waals surface area contributed by atoms with Gasteiger partial charge >= 0.3 is 0 Å². The highest BCUT2D eigenvalue weighted by molar-refractivity contribution is 7.09. The molecule has 5 nitrogen and oxygen atoms in total. The summed E-state index contributed by atoms with van der Waals surface area (Å²) in [5.41, 5.74) is 2.96. The third-order valence-corrected chi connectivity index (χ3v) is 4.26. The molecule has 2 unspecified atom stereocenters. The average Bonchev–Trinajstić information content (AvgIpc) is 2.82. The number of hydrazine groups is 1. The molecule has 3 N–H and O–H groups in total. The molecule has 1 aromatic heterocycles. The second kappa shape index (κ2) is 5.88. The van der Waals surface area contributed by atoms with Crippen LogP contribution in [0.1, 0.15) is 5.01 Å². The van der Waals surface area contributed by atoms with E-state index in [0.29, 0.717) is 6.04 Å². The van der Waals surface area contributed by atoms with Gasteiger partial charge in [-0.15, -0.1) is 11.3 Å². The Hall–Kier alpha value is -0.530. The van der Waals surface area contributed by atoms with Gasteiger partial charge in [-0.05, 0) is 14.1 Å². The van der Waals surface area contributed by atoms with E-state index in [0.717, 1.165) is 31.1 Å². The van der Waals surface area contributed by atoms with Crippen molar-refractivity contribution in [1.82, 2.24) is 20.2 Å². The molecule has 96 valence electrons. The summed E-state index contributed by atoms with van der Waals surface area (Å²) < 4.78 is 0. The van der Waals surface area contributed by atoms with Crippen molar-refractivity contribution in [1.29, 1.82) is 0 Å². The van der Waals surface area contributed by atoms with Gasteiger partial charge in [0, 0.05) is 49.7 Å². The Kier molecular flexibility index (Phi) is 4.47. The minimum atomic E-state index is 0.258. The smallest absolute Gasteiger partial charge is 0.0941 e. The van der Waals surface area contributed by atoms with Crippen LogP contribution >= 0.6 is 11.3 Å². The van der Waals surface area contributed by atoms with Gasteiger partial charge < -0.3 is 4.90 Å². The molecule has 1 aliphatic heterocycles. The fourth-order valence-electron chi connectivity index (χ4n) is 2.33. The van der Waals surface area contributed by atoms with Crippen LogP contribution in [0.3, 0.4) is 0 Å². The maximum atomic E-state index is 5.71. The number of piperazine rings is 1. The van der Waals surface area contributed by atoms with Crippen molar-refractivity contribution >= 4 is 11.3 Å². The molecule has 0 aliphatic carbocycles. The van der Waals surface area contributed by atoms with E-state index in [-0.39, 0.29) is 6.04 Å². The van der Waals surface area contributed by atoms with Crippen molar-refractivity contribution in [2.24, 2.45) is 5.84 Å². The van der Waals surface area contributed by atoms with Crippen molar-refractivity contribution in [3.8, 4) is 0 Å². The summed E-state index contributed by atoms with van der Waals surface area (Å²) in [5.74, 6) is 5.71. The average molecular weight is 255 g/mol. The van der Waals surface area contributed by atoms with Crippen LogP contribution in [-0.2, 0) is 6.42 Å². The number of likely N-dealkylation sites (N-methyl/N-ethyl adjacent to an activating group) is 2. The van der Waals surface area contributed by atoms with E-state index in [1.807, 2.05) is 11.6 Å². The Morgan fingerprint density at radius 1 is 1.59 bits per heavy atom. The molecule has 1 fully saturated rings. The van der Waals surface area contributed by atoms with Gasteiger partial charge in [-0.25, -0.2) is 4.98 Å². The number of hydrogen-bond donors (Lipinski definition) is 2. The van der Waals surface area contributed by atoms with Crippen LogP contribution < -0.4 is 11.3 Å². The number of thiazole rings is 1. The molecule has 2 atom stereocenters. The Labute approximate surface area is 107 Å². The first-order chi connectivity index (χ1) is 8.20. The number of aromatic nitrogens is 1. The number of nitrogens with one attached hydrogen (secondary N) is 1. The molecule has 2 rings (SSSR count). The van der Waals surface area contributed by atoms with Crippen LogP contribution in [0.4, 0.5) is 0 Å². The van der Waals surface area contributed by atoms with Crippen LogP contribution in [0.25, 0.3) is 0 Å². The minimum absolute atomic E-state index is 0.258. The predicted octanol–water partition coefficient (Wildman–Crippen LogP) is -0.237. The molecule has 1 aromatic rings. The van der Waals surface area contributed by atoms with Crippen LogP contribution in [-0.4, -0.2) is 60.6 Å². The summed E-state index contributed by atoms with van der Waals surface area (Å²) in [6.45, 7) is 3.27. The first kappa shape index (κ1) is 12.9. The van der Waals surface area contributed by atoms with Gasteiger partial charge in [0.25, 0.3) is 0 Å². The molecule has 17 heavy (non-hydrogen) atoms. The standard InChI is InChI=1S/C11H21N5S/c1-15-4-5-16(2)10(8-15)9(14-12)7-11-13-3-6-17-11/h3,6,9-10,14H,4-5,7-8,12H2,1-2H3. The molecule has 0 spiro atoms. The van der Waals surface area contributed by atoms with E-state index in [1.165, 1.54) is 0 Å². The van der Waals surface area contributed by atoms with Crippen molar-refractivity contribution < 1.29 is 0 Å². The molecular formula is C11H21N5S. The summed E-state index contributed by atoms with van der Waals surface area (Å²) in [7, 11) is 4.33. The second-order valence-electron chi connectivity index (χ2n) is 4.71. The van der Waals surface area contributed by atoms with Crippen molar-refractivity contribution in [2.45, 2.75) is 18.5 Å². The van der Waals surface area contributed by atoms with E-state index in [9.17, 15) is 0 Å². The van der Waals surface area contributed by atoms with Crippen LogP contribution in [0.15, 0.2) is 11.6 Å². The SMILES string of the molecule is CN1CCN(C)C(C(Cc2nccs2)NN)C1. The second-order valence-corrected chi connectivity index (χ2v) is 5.69. The third kappa shape index (κ3) is 3.23. The summed E-state index contributed by atoms with van der Waals surface area (Å²) in [6.07, 6.45) is 2.75. The first-order valence-corrected chi connectivity index (χ1v) is 6.82. The Bertz CT molecular complexity index is 329. The van der Waals surface area contributed by atoms with Gasteiger partial charge in [0.1, 0.15) is 0 Å². The summed E-state index contributed by atoms with van der Waals surface area (Å²) in [6, 6.07) is 0.705. The Morgan fingerprint density at radius 2 is 2.41 bits per heavy atom. The van der Waals surface area contributed by atoms with Gasteiger partial charge in [0.15, 0.2) is 0 Å². The number of nitrogens with two attached hydrogens (primary N) is 1. The summed E-state index contributed by atoms with van der Waals surface area (Å²) >= 11 is 1.69. The monoisotopic (exact) mass is 255 g/mol. The van der Waals surface area contributed by atoms with Crippen molar-refractivity contribution in [3.63, 3.8) is 0 Å². The fourth-order valence-corrected chi connectivity index (χ4v) is 3.00. The summed E-state index contributed by atoms with van der Waals surface area (Å²) in [5, 5.41) is 3.16. The quantitative estimate of drug-likeness (QED) is 0.575. The Balaban J connectivity index is 2.01. The Morgan fingerprint density at radius 3 is 3.06 bits per heavy atom. The lowest BCUT2D eigenvalue weighted by Gasteiger charge is -2.41. The zero-order valence-corrected chi connectivity index (χ0v) is 11.3. The largest absolute Gasteiger partial charge is 0.303 e. The normalized spacial score (nSPS) is 25.0. The molecular weight excluding hydrogens is 234 g/mol. The lowest BCUT2D eigenvalue weighted by molar-refractivity contribution is 0.0877. The highest BCUT2D eigenvalue weighted by Gasteiger charge is 2.29. The first-order valence-electron chi connectivity index (χ1n) is 5.94. The van der Waals surface area contributed by atoms with Crippen LogP contribution in [0.5, 0.6) is 0 Å². The topological polar surface area (TPSA) is 57.4 Å². The number of rotatable bonds is 4. The molecule has 0 aromatic carbocycles. The van der Waals surface area contributed by atoms with Crippen LogP contribution in [0, 0.1) is 0 Å². The van der Waals surface area contributed by atoms with E-state index < -0.39 is 0 Å². The molecule has 0 amide bonds. The third-order valence-electron chi connectivity index (χ3n) is 3.46. The molecule has 6 heteroatoms. The number of nitrogens with zero attached hydrogens (tertiary/aromatic N) is 3. The predicted molar refractivity (Wildman–Crippen MR) is 70.8 cm³/mol. The van der Waals surface area contributed by atoms with Gasteiger partial charge in [-0.3, -0.25) is 16.2 Å². The molecule has 1 saturated heterocycles. The van der Waals surface area contributed by atoms with Crippen LogP contribution in [0.2, 0.25) is 0 Å². The lowest BCUT2D eigenvalue weighted by atomic mass is 10.0. The van der Waals surface area contributed by atoms with E-state index in [2.05, 4.69) is 34.3 Å².